The number of aryl methyl sites for hydroxylation is 2. The Labute approximate surface area is 151 Å². The number of hydrogen-bond acceptors (Lipinski definition) is 3. The third-order valence-electron chi connectivity index (χ3n) is 6.52. The van der Waals surface area contributed by atoms with Crippen LogP contribution in [0, 0.1) is 17.8 Å². The summed E-state index contributed by atoms with van der Waals surface area (Å²) in [5, 5.41) is 4.44. The van der Waals surface area contributed by atoms with E-state index in [2.05, 4.69) is 45.4 Å². The highest BCUT2D eigenvalue weighted by molar-refractivity contribution is 9.10. The Morgan fingerprint density at radius 2 is 1.58 bits per heavy atom. The van der Waals surface area contributed by atoms with Crippen molar-refractivity contribution in [2.45, 2.75) is 56.8 Å². The van der Waals surface area contributed by atoms with Crippen LogP contribution in [-0.4, -0.2) is 10.1 Å². The Hall–Kier alpha value is -1.16. The monoisotopic (exact) mass is 386 g/mol. The van der Waals surface area contributed by atoms with Crippen LogP contribution in [0.4, 0.5) is 0 Å². The molecule has 0 unspecified atom stereocenters. The highest BCUT2D eigenvalue weighted by atomic mass is 79.9. The van der Waals surface area contributed by atoms with Gasteiger partial charge in [0.15, 0.2) is 5.82 Å². The van der Waals surface area contributed by atoms with E-state index in [4.69, 9.17) is 9.51 Å². The van der Waals surface area contributed by atoms with Gasteiger partial charge >= 0.3 is 0 Å². The van der Waals surface area contributed by atoms with Gasteiger partial charge in [0.05, 0.1) is 0 Å². The number of hydrogen-bond donors (Lipinski definition) is 0. The molecular formula is C20H23BrN2O. The van der Waals surface area contributed by atoms with Gasteiger partial charge in [0.25, 0.3) is 0 Å². The Kier molecular flexibility index (Phi) is 3.58. The van der Waals surface area contributed by atoms with E-state index in [1.807, 2.05) is 0 Å². The molecule has 24 heavy (non-hydrogen) atoms. The minimum absolute atomic E-state index is 0.244. The topological polar surface area (TPSA) is 38.9 Å². The highest BCUT2D eigenvalue weighted by Crippen LogP contribution is 2.60. The SMILES string of the molecule is Brc1ccc(CCc2nc(C34CC5CC(CC(C5)C3)C4)no2)cc1. The Balaban J connectivity index is 1.31. The maximum atomic E-state index is 5.63. The predicted molar refractivity (Wildman–Crippen MR) is 95.7 cm³/mol. The van der Waals surface area contributed by atoms with Gasteiger partial charge in [-0.15, -0.1) is 0 Å². The lowest BCUT2D eigenvalue weighted by molar-refractivity contribution is -0.0103. The van der Waals surface area contributed by atoms with E-state index in [1.165, 1.54) is 44.1 Å². The molecular weight excluding hydrogens is 364 g/mol. The maximum Gasteiger partial charge on any atom is 0.226 e. The summed E-state index contributed by atoms with van der Waals surface area (Å²) >= 11 is 3.48. The van der Waals surface area contributed by atoms with Gasteiger partial charge in [-0.2, -0.15) is 4.98 Å². The van der Waals surface area contributed by atoms with Gasteiger partial charge in [-0.1, -0.05) is 33.2 Å². The van der Waals surface area contributed by atoms with Crippen LogP contribution in [-0.2, 0) is 18.3 Å². The summed E-state index contributed by atoms with van der Waals surface area (Å²) in [6, 6.07) is 8.48. The fourth-order valence-electron chi connectivity index (χ4n) is 5.86. The molecule has 0 aliphatic heterocycles. The maximum absolute atomic E-state index is 5.63. The first-order valence-electron chi connectivity index (χ1n) is 9.26. The Bertz CT molecular complexity index is 701. The summed E-state index contributed by atoms with van der Waals surface area (Å²) in [5.74, 6) is 4.58. The van der Waals surface area contributed by atoms with Gasteiger partial charge in [-0.05, 0) is 80.4 Å². The van der Waals surface area contributed by atoms with Gasteiger partial charge in [0, 0.05) is 16.3 Å². The minimum Gasteiger partial charge on any atom is -0.339 e. The lowest BCUT2D eigenvalue weighted by Gasteiger charge is -2.55. The standard InChI is InChI=1S/C20H23BrN2O/c21-17-4-1-13(2-5-17)3-6-18-22-19(23-24-18)20-10-14-7-15(11-20)9-16(8-14)12-20/h1-2,4-5,14-16H,3,6-12H2. The molecule has 0 N–H and O–H groups in total. The molecule has 0 spiro atoms. The summed E-state index contributed by atoms with van der Waals surface area (Å²) in [6.45, 7) is 0. The Morgan fingerprint density at radius 1 is 0.958 bits per heavy atom. The van der Waals surface area contributed by atoms with Crippen molar-refractivity contribution in [2.75, 3.05) is 0 Å². The van der Waals surface area contributed by atoms with E-state index >= 15 is 0 Å². The van der Waals surface area contributed by atoms with Gasteiger partial charge < -0.3 is 4.52 Å². The molecule has 6 rings (SSSR count). The van der Waals surface area contributed by atoms with Crippen LogP contribution in [0.3, 0.4) is 0 Å². The number of halogens is 1. The number of aromatic nitrogens is 2. The molecule has 4 bridgehead atoms. The Morgan fingerprint density at radius 3 is 2.21 bits per heavy atom. The lowest BCUT2D eigenvalue weighted by Crippen LogP contribution is -2.49. The van der Waals surface area contributed by atoms with E-state index in [0.29, 0.717) is 0 Å². The molecule has 4 saturated carbocycles. The van der Waals surface area contributed by atoms with Crippen molar-refractivity contribution in [2.24, 2.45) is 17.8 Å². The van der Waals surface area contributed by atoms with Crippen molar-refractivity contribution in [1.29, 1.82) is 0 Å². The first kappa shape index (κ1) is 15.1. The third-order valence-corrected chi connectivity index (χ3v) is 7.05. The van der Waals surface area contributed by atoms with Gasteiger partial charge in [-0.25, -0.2) is 0 Å². The van der Waals surface area contributed by atoms with Crippen LogP contribution in [0.1, 0.15) is 55.8 Å². The van der Waals surface area contributed by atoms with Gasteiger partial charge in [0.1, 0.15) is 0 Å². The molecule has 4 aliphatic rings. The normalized spacial score (nSPS) is 34.0. The van der Waals surface area contributed by atoms with E-state index in [1.54, 1.807) is 0 Å². The van der Waals surface area contributed by atoms with Crippen molar-refractivity contribution in [3.05, 3.63) is 46.0 Å². The molecule has 126 valence electrons. The first-order valence-corrected chi connectivity index (χ1v) is 10.1. The van der Waals surface area contributed by atoms with E-state index in [9.17, 15) is 0 Å². The van der Waals surface area contributed by atoms with Crippen LogP contribution in [0.25, 0.3) is 0 Å². The second kappa shape index (κ2) is 5.69. The molecule has 1 heterocycles. The van der Waals surface area contributed by atoms with Crippen LogP contribution < -0.4 is 0 Å². The fraction of sp³-hybridized carbons (Fsp3) is 0.600. The molecule has 2 aromatic rings. The number of nitrogens with zero attached hydrogens (tertiary/aromatic N) is 2. The molecule has 4 fully saturated rings. The zero-order valence-corrected chi connectivity index (χ0v) is 15.5. The second-order valence-corrected chi connectivity index (χ2v) is 9.25. The zero-order valence-electron chi connectivity index (χ0n) is 13.9. The predicted octanol–water partition coefficient (Wildman–Crippen LogP) is 5.09. The summed E-state index contributed by atoms with van der Waals surface area (Å²) in [5.41, 5.74) is 1.56. The zero-order chi connectivity index (χ0) is 16.1. The fourth-order valence-corrected chi connectivity index (χ4v) is 6.12. The van der Waals surface area contributed by atoms with Crippen molar-refractivity contribution in [3.63, 3.8) is 0 Å². The van der Waals surface area contributed by atoms with Crippen LogP contribution in [0.5, 0.6) is 0 Å². The first-order chi connectivity index (χ1) is 11.7. The van der Waals surface area contributed by atoms with E-state index < -0.39 is 0 Å². The molecule has 4 aliphatic carbocycles. The molecule has 1 aromatic heterocycles. The average Bonchev–Trinajstić information content (AvgIpc) is 3.03. The second-order valence-electron chi connectivity index (χ2n) is 8.34. The van der Waals surface area contributed by atoms with Crippen LogP contribution in [0.2, 0.25) is 0 Å². The van der Waals surface area contributed by atoms with E-state index in [0.717, 1.165) is 46.8 Å². The summed E-state index contributed by atoms with van der Waals surface area (Å²) in [4.78, 5) is 4.85. The van der Waals surface area contributed by atoms with Crippen LogP contribution >= 0.6 is 15.9 Å². The van der Waals surface area contributed by atoms with Crippen molar-refractivity contribution < 1.29 is 4.52 Å². The smallest absolute Gasteiger partial charge is 0.226 e. The molecule has 0 amide bonds. The average molecular weight is 387 g/mol. The molecule has 4 heteroatoms. The largest absolute Gasteiger partial charge is 0.339 e. The molecule has 0 saturated heterocycles. The van der Waals surface area contributed by atoms with Gasteiger partial charge in [-0.3, -0.25) is 0 Å². The highest BCUT2D eigenvalue weighted by Gasteiger charge is 2.53. The third kappa shape index (κ3) is 2.63. The minimum atomic E-state index is 0.244. The quantitative estimate of drug-likeness (QED) is 0.734. The lowest BCUT2D eigenvalue weighted by atomic mass is 9.49. The molecule has 3 nitrogen and oxygen atoms in total. The molecule has 0 radical (unpaired) electrons. The summed E-state index contributed by atoms with van der Waals surface area (Å²) in [7, 11) is 0. The number of rotatable bonds is 4. The van der Waals surface area contributed by atoms with Crippen LogP contribution in [0.15, 0.2) is 33.3 Å². The summed E-state index contributed by atoms with van der Waals surface area (Å²) < 4.78 is 6.75. The van der Waals surface area contributed by atoms with E-state index in [-0.39, 0.29) is 5.41 Å². The summed E-state index contributed by atoms with van der Waals surface area (Å²) in [6.07, 6.45) is 10.0. The molecule has 0 atom stereocenters. The van der Waals surface area contributed by atoms with Crippen molar-refractivity contribution in [3.8, 4) is 0 Å². The van der Waals surface area contributed by atoms with Crippen molar-refractivity contribution in [1.82, 2.24) is 10.1 Å². The number of benzene rings is 1. The van der Waals surface area contributed by atoms with Gasteiger partial charge in [0.2, 0.25) is 5.89 Å². The van der Waals surface area contributed by atoms with Crippen molar-refractivity contribution >= 4 is 15.9 Å². The molecule has 1 aromatic carbocycles.